The smallest absolute Gasteiger partial charge is 0.193 e. The third-order valence-electron chi connectivity index (χ3n) is 1.30. The van der Waals surface area contributed by atoms with Crippen LogP contribution in [0.1, 0.15) is 0 Å². The van der Waals surface area contributed by atoms with E-state index < -0.39 is 23.1 Å². The fourth-order valence-corrected chi connectivity index (χ4v) is 6.30. The molecule has 5 heteroatoms. The van der Waals surface area contributed by atoms with Crippen molar-refractivity contribution in [2.45, 2.75) is 31.9 Å². The summed E-state index contributed by atoms with van der Waals surface area (Å²) in [7, 11) is -3.09. The summed E-state index contributed by atoms with van der Waals surface area (Å²) in [5.74, 6) is 0. The Morgan fingerprint density at radius 3 is 2.25 bits per heavy atom. The van der Waals surface area contributed by atoms with Crippen molar-refractivity contribution >= 4 is 17.4 Å². The van der Waals surface area contributed by atoms with Gasteiger partial charge in [0, 0.05) is 0 Å². The zero-order chi connectivity index (χ0) is 9.78. The minimum Gasteiger partial charge on any atom is -0.516 e. The van der Waals surface area contributed by atoms with Gasteiger partial charge in [-0.05, 0) is 32.3 Å². The molecule has 0 rings (SSSR count). The number of aliphatic hydroxyl groups excluding tert-OH is 2. The Kier molecular flexibility index (Phi) is 4.76. The topological polar surface area (TPSA) is 49.7 Å². The molecular weight excluding hydrogens is 188 g/mol. The predicted octanol–water partition coefficient (Wildman–Crippen LogP) is 1.16. The summed E-state index contributed by atoms with van der Waals surface area (Å²) in [5.41, 5.74) is -0.582. The van der Waals surface area contributed by atoms with Crippen LogP contribution in [0, 0.1) is 0 Å². The normalized spacial score (nSPS) is 18.1. The number of hydrogen-bond donors (Lipinski definition) is 2. The minimum absolute atomic E-state index is 0.582. The standard InChI is InChI=1S/C7H18O3Si2/c1-11(7(9)5-6-8)10-12(2,3)4/h5-9,11H,1-4H3. The van der Waals surface area contributed by atoms with Crippen LogP contribution >= 0.6 is 0 Å². The Hall–Kier alpha value is -0.106. The molecule has 0 aromatic rings. The van der Waals surface area contributed by atoms with Gasteiger partial charge < -0.3 is 14.3 Å². The van der Waals surface area contributed by atoms with Gasteiger partial charge in [-0.2, -0.15) is 0 Å². The average molecular weight is 206 g/mol. The van der Waals surface area contributed by atoms with Crippen molar-refractivity contribution in [1.82, 2.24) is 0 Å². The number of hydrogen-bond acceptors (Lipinski definition) is 3. The second-order valence-corrected chi connectivity index (χ2v) is 11.0. The average Bonchev–Trinajstić information content (AvgIpc) is 1.84. The van der Waals surface area contributed by atoms with Crippen LogP contribution in [0.25, 0.3) is 0 Å². The van der Waals surface area contributed by atoms with Crippen molar-refractivity contribution in [2.75, 3.05) is 0 Å². The highest BCUT2D eigenvalue weighted by atomic mass is 28.4. The van der Waals surface area contributed by atoms with Crippen LogP contribution in [0.3, 0.4) is 0 Å². The molecule has 0 amide bonds. The molecule has 0 spiro atoms. The Bertz CT molecular complexity index is 153. The van der Waals surface area contributed by atoms with Crippen molar-refractivity contribution in [1.29, 1.82) is 0 Å². The van der Waals surface area contributed by atoms with Gasteiger partial charge >= 0.3 is 0 Å². The molecule has 0 radical (unpaired) electrons. The fraction of sp³-hybridized carbons (Fsp3) is 0.714. The molecule has 0 aliphatic rings. The summed E-state index contributed by atoms with van der Waals surface area (Å²) in [6.07, 6.45) is 2.25. The van der Waals surface area contributed by atoms with Crippen LogP contribution in [0.2, 0.25) is 26.2 Å². The van der Waals surface area contributed by atoms with Gasteiger partial charge in [0.1, 0.15) is 0 Å². The molecule has 0 aromatic heterocycles. The summed E-state index contributed by atoms with van der Waals surface area (Å²) in [6, 6.07) is 0. The first-order valence-electron chi connectivity index (χ1n) is 4.03. The van der Waals surface area contributed by atoms with Crippen LogP contribution in [-0.4, -0.2) is 33.3 Å². The summed E-state index contributed by atoms with van der Waals surface area (Å²) in [6.45, 7) is 8.20. The van der Waals surface area contributed by atoms with Gasteiger partial charge in [0.2, 0.25) is 0 Å². The molecule has 0 saturated carbocycles. The molecule has 72 valence electrons. The van der Waals surface area contributed by atoms with E-state index in [1.165, 1.54) is 6.08 Å². The maximum Gasteiger partial charge on any atom is 0.193 e. The minimum atomic E-state index is -1.57. The Morgan fingerprint density at radius 2 is 1.92 bits per heavy atom. The first-order chi connectivity index (χ1) is 5.37. The predicted molar refractivity (Wildman–Crippen MR) is 55.2 cm³/mol. The molecule has 0 aromatic carbocycles. The van der Waals surface area contributed by atoms with Crippen molar-refractivity contribution in [3.8, 4) is 0 Å². The highest BCUT2D eigenvalue weighted by Gasteiger charge is 2.22. The molecule has 0 fully saturated rings. The molecule has 12 heavy (non-hydrogen) atoms. The maximum absolute atomic E-state index is 9.39. The van der Waals surface area contributed by atoms with E-state index >= 15 is 0 Å². The van der Waals surface area contributed by atoms with Crippen LogP contribution in [0.5, 0.6) is 0 Å². The van der Waals surface area contributed by atoms with Crippen LogP contribution in [-0.2, 0) is 4.12 Å². The third kappa shape index (κ3) is 5.53. The zero-order valence-electron chi connectivity index (χ0n) is 8.11. The summed E-state index contributed by atoms with van der Waals surface area (Å²) in [5, 5.41) is 17.8. The highest BCUT2D eigenvalue weighted by molar-refractivity contribution is 6.77. The van der Waals surface area contributed by atoms with Crippen molar-refractivity contribution in [2.24, 2.45) is 0 Å². The van der Waals surface area contributed by atoms with Crippen molar-refractivity contribution < 1.29 is 14.3 Å². The highest BCUT2D eigenvalue weighted by Crippen LogP contribution is 2.07. The zero-order valence-corrected chi connectivity index (χ0v) is 10.3. The molecule has 2 N–H and O–H groups in total. The van der Waals surface area contributed by atoms with Gasteiger partial charge in [-0.1, -0.05) is 0 Å². The van der Waals surface area contributed by atoms with Crippen LogP contribution in [0.4, 0.5) is 0 Å². The Labute approximate surface area is 76.5 Å². The summed E-state index contributed by atoms with van der Waals surface area (Å²) < 4.78 is 5.72. The first-order valence-corrected chi connectivity index (χ1v) is 9.73. The molecule has 0 aliphatic heterocycles. The van der Waals surface area contributed by atoms with Crippen LogP contribution < -0.4 is 0 Å². The molecule has 0 aliphatic carbocycles. The largest absolute Gasteiger partial charge is 0.516 e. The van der Waals surface area contributed by atoms with E-state index in [4.69, 9.17) is 9.22 Å². The molecular formula is C7H18O3Si2. The third-order valence-corrected chi connectivity index (χ3v) is 6.80. The second kappa shape index (κ2) is 4.81. The van der Waals surface area contributed by atoms with Gasteiger partial charge in [-0.25, -0.2) is 0 Å². The molecule has 2 atom stereocenters. The Morgan fingerprint density at radius 1 is 1.42 bits per heavy atom. The van der Waals surface area contributed by atoms with E-state index in [-0.39, 0.29) is 0 Å². The lowest BCUT2D eigenvalue weighted by Gasteiger charge is -2.24. The SMILES string of the molecule is C[SiH](O[Si](C)(C)C)C(O)C=CO. The summed E-state index contributed by atoms with van der Waals surface area (Å²) >= 11 is 0. The number of rotatable bonds is 4. The fourth-order valence-electron chi connectivity index (χ4n) is 0.872. The van der Waals surface area contributed by atoms with Crippen molar-refractivity contribution in [3.63, 3.8) is 0 Å². The second-order valence-electron chi connectivity index (χ2n) is 3.77. The molecule has 3 nitrogen and oxygen atoms in total. The van der Waals surface area contributed by atoms with E-state index in [1.54, 1.807) is 0 Å². The van der Waals surface area contributed by atoms with Gasteiger partial charge in [-0.3, -0.25) is 0 Å². The lowest BCUT2D eigenvalue weighted by molar-refractivity contribution is 0.273. The van der Waals surface area contributed by atoms with E-state index in [1.807, 2.05) is 6.55 Å². The van der Waals surface area contributed by atoms with Crippen LogP contribution in [0.15, 0.2) is 12.3 Å². The first kappa shape index (κ1) is 11.9. The van der Waals surface area contributed by atoms with E-state index in [0.29, 0.717) is 0 Å². The van der Waals surface area contributed by atoms with E-state index in [2.05, 4.69) is 19.6 Å². The lowest BCUT2D eigenvalue weighted by atomic mass is 10.7. The molecule has 0 bridgehead atoms. The Balaban J connectivity index is 3.95. The molecule has 0 saturated heterocycles. The van der Waals surface area contributed by atoms with E-state index in [9.17, 15) is 5.11 Å². The monoisotopic (exact) mass is 206 g/mol. The van der Waals surface area contributed by atoms with Gasteiger partial charge in [0.25, 0.3) is 0 Å². The van der Waals surface area contributed by atoms with Gasteiger partial charge in [0.15, 0.2) is 17.4 Å². The quantitative estimate of drug-likeness (QED) is 0.536. The van der Waals surface area contributed by atoms with Gasteiger partial charge in [-0.15, -0.1) is 0 Å². The van der Waals surface area contributed by atoms with E-state index in [0.717, 1.165) is 6.26 Å². The van der Waals surface area contributed by atoms with Gasteiger partial charge in [0.05, 0.1) is 12.0 Å². The number of aliphatic hydroxyl groups is 2. The van der Waals surface area contributed by atoms with Crippen molar-refractivity contribution in [3.05, 3.63) is 12.3 Å². The summed E-state index contributed by atoms with van der Waals surface area (Å²) in [4.78, 5) is 0. The molecule has 2 unspecified atom stereocenters. The maximum atomic E-state index is 9.39. The molecule has 0 heterocycles. The lowest BCUT2D eigenvalue weighted by Crippen LogP contribution is -2.39.